The lowest BCUT2D eigenvalue weighted by molar-refractivity contribution is -0.184. The van der Waals surface area contributed by atoms with E-state index in [1.807, 2.05) is 0 Å². The SMILES string of the molecule is CC(C)OC1CCC2CCC3C4CCC(=O)C4(C)CC(O)C3C2(C)C1. The second kappa shape index (κ2) is 6.05. The Bertz CT molecular complexity index is 543. The van der Waals surface area contributed by atoms with Crippen molar-refractivity contribution in [2.24, 2.45) is 34.5 Å². The summed E-state index contributed by atoms with van der Waals surface area (Å²) in [5.74, 6) is 2.51. The molecule has 0 amide bonds. The number of ether oxygens (including phenoxy) is 1. The molecule has 0 aromatic heterocycles. The molecule has 142 valence electrons. The molecule has 0 aromatic rings. The van der Waals surface area contributed by atoms with Crippen molar-refractivity contribution in [1.29, 1.82) is 0 Å². The molecule has 0 bridgehead atoms. The number of carbonyl (C=O) groups is 1. The average molecular weight is 349 g/mol. The predicted octanol–water partition coefficient (Wildman–Crippen LogP) is 4.36. The zero-order valence-electron chi connectivity index (χ0n) is 16.5. The van der Waals surface area contributed by atoms with E-state index in [2.05, 4.69) is 27.7 Å². The lowest BCUT2D eigenvalue weighted by atomic mass is 9.44. The van der Waals surface area contributed by atoms with Gasteiger partial charge in [-0.1, -0.05) is 13.8 Å². The second-order valence-electron chi connectivity index (χ2n) is 10.3. The van der Waals surface area contributed by atoms with Crippen molar-refractivity contribution in [3.8, 4) is 0 Å². The van der Waals surface area contributed by atoms with E-state index in [1.165, 1.54) is 25.7 Å². The number of aliphatic hydroxyl groups excluding tert-OH is 1. The first kappa shape index (κ1) is 18.0. The third-order valence-electron chi connectivity index (χ3n) is 8.68. The summed E-state index contributed by atoms with van der Waals surface area (Å²) >= 11 is 0. The molecule has 4 aliphatic carbocycles. The first-order valence-corrected chi connectivity index (χ1v) is 10.6. The number of carbonyl (C=O) groups excluding carboxylic acids is 1. The molecule has 0 radical (unpaired) electrons. The van der Waals surface area contributed by atoms with E-state index in [4.69, 9.17) is 4.74 Å². The summed E-state index contributed by atoms with van der Waals surface area (Å²) in [6, 6.07) is 0. The van der Waals surface area contributed by atoms with E-state index >= 15 is 0 Å². The summed E-state index contributed by atoms with van der Waals surface area (Å²) in [5.41, 5.74) is -0.0839. The van der Waals surface area contributed by atoms with E-state index in [0.717, 1.165) is 25.2 Å². The lowest BCUT2D eigenvalue weighted by Crippen LogP contribution is -2.59. The van der Waals surface area contributed by atoms with E-state index < -0.39 is 0 Å². The Morgan fingerprint density at radius 3 is 2.52 bits per heavy atom. The topological polar surface area (TPSA) is 46.5 Å². The van der Waals surface area contributed by atoms with Crippen LogP contribution in [0.2, 0.25) is 0 Å². The van der Waals surface area contributed by atoms with Crippen molar-refractivity contribution in [3.63, 3.8) is 0 Å². The smallest absolute Gasteiger partial charge is 0.139 e. The number of Topliss-reactive ketones (excluding diaryl/α,β-unsaturated/α-hetero) is 1. The summed E-state index contributed by atoms with van der Waals surface area (Å²) in [6.45, 7) is 8.84. The van der Waals surface area contributed by atoms with Crippen molar-refractivity contribution in [1.82, 2.24) is 0 Å². The zero-order valence-corrected chi connectivity index (χ0v) is 16.5. The molecule has 4 fully saturated rings. The Morgan fingerprint density at radius 1 is 1.08 bits per heavy atom. The van der Waals surface area contributed by atoms with Crippen LogP contribution in [-0.2, 0) is 9.53 Å². The molecule has 3 heteroatoms. The van der Waals surface area contributed by atoms with Crippen LogP contribution < -0.4 is 0 Å². The van der Waals surface area contributed by atoms with Crippen LogP contribution in [0.25, 0.3) is 0 Å². The fourth-order valence-corrected chi connectivity index (χ4v) is 7.71. The summed E-state index contributed by atoms with van der Waals surface area (Å²) in [5, 5.41) is 11.2. The van der Waals surface area contributed by atoms with Crippen LogP contribution in [0.5, 0.6) is 0 Å². The van der Waals surface area contributed by atoms with Crippen LogP contribution >= 0.6 is 0 Å². The molecule has 1 N–H and O–H groups in total. The van der Waals surface area contributed by atoms with E-state index in [-0.39, 0.29) is 23.0 Å². The quantitative estimate of drug-likeness (QED) is 0.806. The molecular formula is C22H36O3. The highest BCUT2D eigenvalue weighted by Gasteiger charge is 2.63. The van der Waals surface area contributed by atoms with Crippen LogP contribution in [0.15, 0.2) is 0 Å². The Kier molecular flexibility index (Phi) is 4.35. The molecule has 3 nitrogen and oxygen atoms in total. The summed E-state index contributed by atoms with van der Waals surface area (Å²) in [7, 11) is 0. The van der Waals surface area contributed by atoms with Gasteiger partial charge in [0.2, 0.25) is 0 Å². The minimum Gasteiger partial charge on any atom is -0.393 e. The molecule has 0 saturated heterocycles. The number of ketones is 1. The minimum absolute atomic E-state index is 0.174. The molecule has 8 unspecified atom stereocenters. The highest BCUT2D eigenvalue weighted by molar-refractivity contribution is 5.87. The van der Waals surface area contributed by atoms with Gasteiger partial charge in [-0.25, -0.2) is 0 Å². The van der Waals surface area contributed by atoms with Crippen molar-refractivity contribution in [3.05, 3.63) is 0 Å². The van der Waals surface area contributed by atoms with E-state index in [1.54, 1.807) is 0 Å². The standard InChI is InChI=1S/C22H36O3/c1-13(2)25-15-7-5-14-6-8-16-17-9-10-19(24)22(17,4)12-18(23)20(16)21(14,3)11-15/h13-18,20,23H,5-12H2,1-4H3. The molecule has 8 atom stereocenters. The molecule has 0 aromatic carbocycles. The van der Waals surface area contributed by atoms with Crippen molar-refractivity contribution in [2.75, 3.05) is 0 Å². The fraction of sp³-hybridized carbons (Fsp3) is 0.955. The van der Waals surface area contributed by atoms with Gasteiger partial charge in [-0.15, -0.1) is 0 Å². The summed E-state index contributed by atoms with van der Waals surface area (Å²) < 4.78 is 6.21. The van der Waals surface area contributed by atoms with Gasteiger partial charge in [-0.3, -0.25) is 4.79 Å². The van der Waals surface area contributed by atoms with Gasteiger partial charge in [-0.05, 0) is 87.9 Å². The van der Waals surface area contributed by atoms with Gasteiger partial charge in [0, 0.05) is 11.8 Å². The minimum atomic E-state index is -0.320. The van der Waals surface area contributed by atoms with E-state index in [0.29, 0.717) is 36.1 Å². The number of hydrogen-bond acceptors (Lipinski definition) is 3. The Morgan fingerprint density at radius 2 is 1.80 bits per heavy atom. The lowest BCUT2D eigenvalue weighted by Gasteiger charge is -2.61. The Labute approximate surface area is 152 Å². The number of hydrogen-bond donors (Lipinski definition) is 1. The summed E-state index contributed by atoms with van der Waals surface area (Å²) in [4.78, 5) is 12.6. The molecule has 0 aliphatic heterocycles. The average Bonchev–Trinajstić information content (AvgIpc) is 2.80. The predicted molar refractivity (Wildman–Crippen MR) is 98.1 cm³/mol. The van der Waals surface area contributed by atoms with Gasteiger partial charge in [-0.2, -0.15) is 0 Å². The van der Waals surface area contributed by atoms with Crippen LogP contribution in [0, 0.1) is 34.5 Å². The molecule has 4 saturated carbocycles. The number of rotatable bonds is 2. The molecule has 4 rings (SSSR count). The van der Waals surface area contributed by atoms with Crippen molar-refractivity contribution in [2.45, 2.75) is 97.4 Å². The van der Waals surface area contributed by atoms with Crippen molar-refractivity contribution >= 4 is 5.78 Å². The molecular weight excluding hydrogens is 312 g/mol. The van der Waals surface area contributed by atoms with Crippen molar-refractivity contribution < 1.29 is 14.6 Å². The van der Waals surface area contributed by atoms with Gasteiger partial charge in [0.25, 0.3) is 0 Å². The summed E-state index contributed by atoms with van der Waals surface area (Å²) in [6.07, 6.45) is 8.76. The second-order valence-corrected chi connectivity index (χ2v) is 10.3. The van der Waals surface area contributed by atoms with E-state index in [9.17, 15) is 9.90 Å². The third kappa shape index (κ3) is 2.64. The zero-order chi connectivity index (χ0) is 18.0. The largest absolute Gasteiger partial charge is 0.393 e. The molecule has 0 heterocycles. The highest BCUT2D eigenvalue weighted by atomic mass is 16.5. The van der Waals surface area contributed by atoms with Crippen LogP contribution in [-0.4, -0.2) is 29.2 Å². The molecule has 25 heavy (non-hydrogen) atoms. The Hall–Kier alpha value is -0.410. The van der Waals surface area contributed by atoms with Gasteiger partial charge in [0.05, 0.1) is 18.3 Å². The van der Waals surface area contributed by atoms with Gasteiger partial charge in [0.15, 0.2) is 0 Å². The fourth-order valence-electron chi connectivity index (χ4n) is 7.71. The Balaban J connectivity index is 1.63. The third-order valence-corrected chi connectivity index (χ3v) is 8.68. The number of fused-ring (bicyclic) bond motifs is 5. The van der Waals surface area contributed by atoms with Crippen LogP contribution in [0.3, 0.4) is 0 Å². The maximum Gasteiger partial charge on any atom is 0.139 e. The monoisotopic (exact) mass is 348 g/mol. The first-order valence-electron chi connectivity index (χ1n) is 10.6. The first-order chi connectivity index (χ1) is 11.8. The molecule has 4 aliphatic rings. The maximum absolute atomic E-state index is 12.6. The van der Waals surface area contributed by atoms with Crippen LogP contribution in [0.1, 0.15) is 79.1 Å². The highest BCUT2D eigenvalue weighted by Crippen LogP contribution is 2.65. The number of aliphatic hydroxyl groups is 1. The normalized spacial score (nSPS) is 52.6. The van der Waals surface area contributed by atoms with Crippen LogP contribution in [0.4, 0.5) is 0 Å². The van der Waals surface area contributed by atoms with Gasteiger partial charge >= 0.3 is 0 Å². The maximum atomic E-state index is 12.6. The van der Waals surface area contributed by atoms with Gasteiger partial charge in [0.1, 0.15) is 5.78 Å². The van der Waals surface area contributed by atoms with Gasteiger partial charge < -0.3 is 9.84 Å². The molecule has 0 spiro atoms.